The molecular formula is C18H18F3N3O2. The van der Waals surface area contributed by atoms with E-state index in [0.717, 1.165) is 25.0 Å². The SMILES string of the molecule is NC(CNC(=O)c1ccc(Oc2ccc(C(F)(F)F)cn2)cc1)C1CC1. The summed E-state index contributed by atoms with van der Waals surface area (Å²) in [7, 11) is 0. The number of carbonyl (C=O) groups excluding carboxylic acids is 1. The molecule has 138 valence electrons. The average Bonchev–Trinajstić information content (AvgIpc) is 3.45. The first kappa shape index (κ1) is 18.2. The van der Waals surface area contributed by atoms with Crippen molar-refractivity contribution >= 4 is 5.91 Å². The summed E-state index contributed by atoms with van der Waals surface area (Å²) in [5, 5.41) is 2.79. The molecule has 1 amide bonds. The van der Waals surface area contributed by atoms with Crippen LogP contribution in [-0.4, -0.2) is 23.5 Å². The molecule has 1 aliphatic rings. The van der Waals surface area contributed by atoms with Gasteiger partial charge in [-0.3, -0.25) is 4.79 Å². The predicted octanol–water partition coefficient (Wildman–Crippen LogP) is 3.36. The van der Waals surface area contributed by atoms with Crippen LogP contribution >= 0.6 is 0 Å². The van der Waals surface area contributed by atoms with Crippen LogP contribution < -0.4 is 15.8 Å². The Morgan fingerprint density at radius 1 is 1.23 bits per heavy atom. The highest BCUT2D eigenvalue weighted by molar-refractivity contribution is 5.94. The van der Waals surface area contributed by atoms with E-state index in [0.29, 0.717) is 30.0 Å². The molecule has 0 aliphatic heterocycles. The van der Waals surface area contributed by atoms with Crippen molar-refractivity contribution in [3.8, 4) is 11.6 Å². The van der Waals surface area contributed by atoms with Gasteiger partial charge in [0.05, 0.1) is 5.56 Å². The van der Waals surface area contributed by atoms with Gasteiger partial charge in [0, 0.05) is 30.4 Å². The maximum Gasteiger partial charge on any atom is 0.417 e. The number of amides is 1. The lowest BCUT2D eigenvalue weighted by atomic mass is 10.1. The minimum Gasteiger partial charge on any atom is -0.439 e. The Labute approximate surface area is 148 Å². The fourth-order valence-electron chi connectivity index (χ4n) is 2.41. The standard InChI is InChI=1S/C18H18F3N3O2/c19-18(20,21)13-5-8-16(23-9-13)26-14-6-3-12(4-7-14)17(25)24-10-15(22)11-1-2-11/h3-9,11,15H,1-2,10,22H2,(H,24,25). The van der Waals surface area contributed by atoms with Gasteiger partial charge in [0.1, 0.15) is 5.75 Å². The van der Waals surface area contributed by atoms with Gasteiger partial charge in [0.2, 0.25) is 5.88 Å². The number of rotatable bonds is 6. The number of pyridine rings is 1. The van der Waals surface area contributed by atoms with Crippen LogP contribution in [0, 0.1) is 5.92 Å². The van der Waals surface area contributed by atoms with Crippen molar-refractivity contribution in [2.24, 2.45) is 11.7 Å². The van der Waals surface area contributed by atoms with Crippen LogP contribution in [0.15, 0.2) is 42.6 Å². The summed E-state index contributed by atoms with van der Waals surface area (Å²) >= 11 is 0. The van der Waals surface area contributed by atoms with Crippen molar-refractivity contribution in [3.05, 3.63) is 53.7 Å². The maximum absolute atomic E-state index is 12.5. The Balaban J connectivity index is 1.56. The molecule has 1 aromatic carbocycles. The molecule has 1 aromatic heterocycles. The lowest BCUT2D eigenvalue weighted by Crippen LogP contribution is -2.38. The summed E-state index contributed by atoms with van der Waals surface area (Å²) in [6, 6.07) is 8.25. The Morgan fingerprint density at radius 2 is 1.92 bits per heavy atom. The summed E-state index contributed by atoms with van der Waals surface area (Å²) in [6.45, 7) is 0.428. The van der Waals surface area contributed by atoms with E-state index in [4.69, 9.17) is 10.5 Å². The van der Waals surface area contributed by atoms with E-state index in [1.807, 2.05) is 0 Å². The number of alkyl halides is 3. The van der Waals surface area contributed by atoms with Gasteiger partial charge in [-0.25, -0.2) is 4.98 Å². The van der Waals surface area contributed by atoms with E-state index in [1.165, 1.54) is 0 Å². The van der Waals surface area contributed by atoms with Crippen LogP contribution in [0.25, 0.3) is 0 Å². The third-order valence-corrected chi connectivity index (χ3v) is 4.13. The highest BCUT2D eigenvalue weighted by Gasteiger charge is 2.31. The summed E-state index contributed by atoms with van der Waals surface area (Å²) in [6.07, 6.45) is -1.51. The number of halogens is 3. The number of aromatic nitrogens is 1. The monoisotopic (exact) mass is 365 g/mol. The number of carbonyl (C=O) groups is 1. The second-order valence-electron chi connectivity index (χ2n) is 6.22. The molecule has 8 heteroatoms. The predicted molar refractivity (Wildman–Crippen MR) is 88.8 cm³/mol. The second kappa shape index (κ2) is 7.33. The zero-order chi connectivity index (χ0) is 18.7. The smallest absolute Gasteiger partial charge is 0.417 e. The van der Waals surface area contributed by atoms with Crippen molar-refractivity contribution in [2.45, 2.75) is 25.1 Å². The molecule has 0 radical (unpaired) electrons. The van der Waals surface area contributed by atoms with Crippen LogP contribution in [0.4, 0.5) is 13.2 Å². The lowest BCUT2D eigenvalue weighted by molar-refractivity contribution is -0.137. The van der Waals surface area contributed by atoms with Crippen molar-refractivity contribution in [3.63, 3.8) is 0 Å². The third kappa shape index (κ3) is 4.72. The molecule has 1 heterocycles. The zero-order valence-corrected chi connectivity index (χ0v) is 13.8. The van der Waals surface area contributed by atoms with Crippen molar-refractivity contribution < 1.29 is 22.7 Å². The molecular weight excluding hydrogens is 347 g/mol. The average molecular weight is 365 g/mol. The first-order valence-electron chi connectivity index (χ1n) is 8.18. The minimum absolute atomic E-state index is 0.0210. The summed E-state index contributed by atoms with van der Waals surface area (Å²) in [4.78, 5) is 15.7. The van der Waals surface area contributed by atoms with Gasteiger partial charge in [-0.05, 0) is 49.1 Å². The maximum atomic E-state index is 12.5. The first-order valence-corrected chi connectivity index (χ1v) is 8.18. The molecule has 1 aliphatic carbocycles. The van der Waals surface area contributed by atoms with Gasteiger partial charge in [0.25, 0.3) is 5.91 Å². The van der Waals surface area contributed by atoms with Crippen LogP contribution in [0.1, 0.15) is 28.8 Å². The Morgan fingerprint density at radius 3 is 2.46 bits per heavy atom. The molecule has 1 unspecified atom stereocenters. The number of ether oxygens (including phenoxy) is 1. The van der Waals surface area contributed by atoms with Crippen LogP contribution in [0.5, 0.6) is 11.6 Å². The first-order chi connectivity index (χ1) is 12.3. The quantitative estimate of drug-likeness (QED) is 0.823. The number of benzene rings is 1. The minimum atomic E-state index is -4.44. The van der Waals surface area contributed by atoms with Crippen LogP contribution in [0.3, 0.4) is 0 Å². The third-order valence-electron chi connectivity index (χ3n) is 4.13. The van der Waals surface area contributed by atoms with Crippen molar-refractivity contribution in [1.82, 2.24) is 10.3 Å². The van der Waals surface area contributed by atoms with E-state index in [1.54, 1.807) is 24.3 Å². The van der Waals surface area contributed by atoms with Gasteiger partial charge >= 0.3 is 6.18 Å². The Bertz CT molecular complexity index is 757. The number of hydrogen-bond acceptors (Lipinski definition) is 4. The highest BCUT2D eigenvalue weighted by atomic mass is 19.4. The van der Waals surface area contributed by atoms with E-state index < -0.39 is 11.7 Å². The molecule has 1 fully saturated rings. The molecule has 0 spiro atoms. The lowest BCUT2D eigenvalue weighted by Gasteiger charge is -2.12. The fraction of sp³-hybridized carbons (Fsp3) is 0.333. The van der Waals surface area contributed by atoms with E-state index in [2.05, 4.69) is 10.3 Å². The van der Waals surface area contributed by atoms with Crippen LogP contribution in [-0.2, 0) is 6.18 Å². The largest absolute Gasteiger partial charge is 0.439 e. The molecule has 3 N–H and O–H groups in total. The summed E-state index contributed by atoms with van der Waals surface area (Å²) in [5.41, 5.74) is 5.54. The fourth-order valence-corrected chi connectivity index (χ4v) is 2.41. The molecule has 3 rings (SSSR count). The molecule has 2 aromatic rings. The molecule has 1 saturated carbocycles. The number of nitrogens with two attached hydrogens (primary N) is 1. The van der Waals surface area contributed by atoms with Gasteiger partial charge in [0.15, 0.2) is 0 Å². The highest BCUT2D eigenvalue weighted by Crippen LogP contribution is 2.31. The number of nitrogens with one attached hydrogen (secondary N) is 1. The van der Waals surface area contributed by atoms with Gasteiger partial charge in [-0.2, -0.15) is 13.2 Å². The van der Waals surface area contributed by atoms with Crippen molar-refractivity contribution in [1.29, 1.82) is 0 Å². The Kier molecular flexibility index (Phi) is 5.13. The normalized spacial score (nSPS) is 15.4. The van der Waals surface area contributed by atoms with Gasteiger partial charge in [-0.1, -0.05) is 0 Å². The molecule has 1 atom stereocenters. The summed E-state index contributed by atoms with van der Waals surface area (Å²) < 4.78 is 42.9. The van der Waals surface area contributed by atoms with E-state index in [9.17, 15) is 18.0 Å². The molecule has 0 bridgehead atoms. The van der Waals surface area contributed by atoms with Gasteiger partial charge in [-0.15, -0.1) is 0 Å². The molecule has 5 nitrogen and oxygen atoms in total. The second-order valence-corrected chi connectivity index (χ2v) is 6.22. The van der Waals surface area contributed by atoms with E-state index >= 15 is 0 Å². The van der Waals surface area contributed by atoms with Gasteiger partial charge < -0.3 is 15.8 Å². The molecule has 0 saturated heterocycles. The number of hydrogen-bond donors (Lipinski definition) is 2. The van der Waals surface area contributed by atoms with Crippen molar-refractivity contribution in [2.75, 3.05) is 6.54 Å². The molecule has 26 heavy (non-hydrogen) atoms. The van der Waals surface area contributed by atoms with Crippen LogP contribution in [0.2, 0.25) is 0 Å². The number of nitrogens with zero attached hydrogens (tertiary/aromatic N) is 1. The zero-order valence-electron chi connectivity index (χ0n) is 13.8. The Hall–Kier alpha value is -2.61. The summed E-state index contributed by atoms with van der Waals surface area (Å²) in [5.74, 6) is 0.664. The topological polar surface area (TPSA) is 77.2 Å². The van der Waals surface area contributed by atoms with E-state index in [-0.39, 0.29) is 17.8 Å².